The average Bonchev–Trinajstić information content (AvgIpc) is 2.30. The van der Waals surface area contributed by atoms with Crippen LogP contribution >= 0.6 is 27.5 Å². The summed E-state index contributed by atoms with van der Waals surface area (Å²) in [6, 6.07) is 16.2. The highest BCUT2D eigenvalue weighted by Crippen LogP contribution is 2.15. The molecule has 0 saturated carbocycles. The van der Waals surface area contributed by atoms with Crippen LogP contribution in [0.2, 0.25) is 5.02 Å². The van der Waals surface area contributed by atoms with Gasteiger partial charge in [0.25, 0.3) is 0 Å². The van der Waals surface area contributed by atoms with Gasteiger partial charge in [-0.25, -0.2) is 0 Å². The minimum Gasteiger partial charge on any atom is -0.0843 e. The van der Waals surface area contributed by atoms with Crippen molar-refractivity contribution in [3.8, 4) is 0 Å². The minimum atomic E-state index is 0.779. The fourth-order valence-corrected chi connectivity index (χ4v) is 1.85. The first-order valence-corrected chi connectivity index (χ1v) is 6.24. The van der Waals surface area contributed by atoms with E-state index < -0.39 is 0 Å². The van der Waals surface area contributed by atoms with Crippen molar-refractivity contribution in [2.45, 2.75) is 6.42 Å². The van der Waals surface area contributed by atoms with E-state index in [0.717, 1.165) is 15.9 Å². The van der Waals surface area contributed by atoms with Crippen molar-refractivity contribution in [2.24, 2.45) is 0 Å². The van der Waals surface area contributed by atoms with Gasteiger partial charge in [-0.3, -0.25) is 0 Å². The standard InChI is InChI=1S/C14H11BrCl/c15-13-7-3-11(4-8-13)1-2-12-5-9-14(16)10-6-12/h2-10H,1H2. The van der Waals surface area contributed by atoms with Crippen LogP contribution in [0.5, 0.6) is 0 Å². The van der Waals surface area contributed by atoms with Gasteiger partial charge < -0.3 is 0 Å². The fraction of sp³-hybridized carbons (Fsp3) is 0.0714. The van der Waals surface area contributed by atoms with Crippen LogP contribution in [0.25, 0.3) is 0 Å². The molecular formula is C14H11BrCl. The Hall–Kier alpha value is -0.790. The Kier molecular flexibility index (Phi) is 4.03. The summed E-state index contributed by atoms with van der Waals surface area (Å²) < 4.78 is 1.11. The van der Waals surface area contributed by atoms with Gasteiger partial charge in [0, 0.05) is 9.50 Å². The van der Waals surface area contributed by atoms with Crippen LogP contribution in [0.15, 0.2) is 53.0 Å². The second-order valence-corrected chi connectivity index (χ2v) is 4.94. The van der Waals surface area contributed by atoms with Gasteiger partial charge >= 0.3 is 0 Å². The molecule has 2 aromatic carbocycles. The van der Waals surface area contributed by atoms with Crippen LogP contribution in [-0.2, 0) is 6.42 Å². The zero-order valence-electron chi connectivity index (χ0n) is 8.66. The summed E-state index contributed by atoms with van der Waals surface area (Å²) in [5.41, 5.74) is 2.51. The summed E-state index contributed by atoms with van der Waals surface area (Å²) in [4.78, 5) is 0. The quantitative estimate of drug-likeness (QED) is 0.755. The first-order chi connectivity index (χ1) is 7.74. The summed E-state index contributed by atoms with van der Waals surface area (Å²) in [6.45, 7) is 0. The molecule has 0 aliphatic heterocycles. The smallest absolute Gasteiger partial charge is 0.0406 e. The molecule has 0 aromatic heterocycles. The third-order valence-corrected chi connectivity index (χ3v) is 3.14. The zero-order valence-corrected chi connectivity index (χ0v) is 11.0. The number of benzene rings is 2. The Balaban J connectivity index is 1.97. The molecule has 16 heavy (non-hydrogen) atoms. The molecule has 0 unspecified atom stereocenters. The Bertz CT molecular complexity index is 400. The van der Waals surface area contributed by atoms with Crippen LogP contribution in [-0.4, -0.2) is 0 Å². The Labute approximate surface area is 109 Å². The average molecular weight is 295 g/mol. The highest BCUT2D eigenvalue weighted by atomic mass is 79.9. The normalized spacial score (nSPS) is 10.4. The van der Waals surface area contributed by atoms with E-state index in [1.54, 1.807) is 0 Å². The van der Waals surface area contributed by atoms with E-state index in [4.69, 9.17) is 11.6 Å². The van der Waals surface area contributed by atoms with Gasteiger partial charge in [0.05, 0.1) is 0 Å². The zero-order chi connectivity index (χ0) is 11.4. The van der Waals surface area contributed by atoms with Crippen molar-refractivity contribution in [3.05, 3.63) is 75.6 Å². The molecule has 1 radical (unpaired) electrons. The molecule has 0 aliphatic carbocycles. The van der Waals surface area contributed by atoms with Crippen LogP contribution in [0.4, 0.5) is 0 Å². The maximum Gasteiger partial charge on any atom is 0.0406 e. The van der Waals surface area contributed by atoms with Crippen molar-refractivity contribution in [3.63, 3.8) is 0 Å². The molecule has 0 atom stereocenters. The summed E-state index contributed by atoms with van der Waals surface area (Å²) in [7, 11) is 0. The predicted octanol–water partition coefficient (Wildman–Crippen LogP) is 4.90. The van der Waals surface area contributed by atoms with Gasteiger partial charge in [0.2, 0.25) is 0 Å². The first kappa shape index (κ1) is 11.7. The molecule has 0 aliphatic rings. The van der Waals surface area contributed by atoms with Gasteiger partial charge in [0.15, 0.2) is 0 Å². The van der Waals surface area contributed by atoms with Crippen LogP contribution in [0.1, 0.15) is 11.1 Å². The summed E-state index contributed by atoms with van der Waals surface area (Å²) in [5.74, 6) is 0. The van der Waals surface area contributed by atoms with E-state index in [0.29, 0.717) is 0 Å². The van der Waals surface area contributed by atoms with E-state index in [1.807, 2.05) is 24.3 Å². The number of rotatable bonds is 3. The first-order valence-electron chi connectivity index (χ1n) is 5.07. The molecule has 0 nitrogen and oxygen atoms in total. The largest absolute Gasteiger partial charge is 0.0843 e. The Morgan fingerprint density at radius 3 is 2.19 bits per heavy atom. The SMILES string of the molecule is Clc1ccc([CH]Cc2ccc(Br)cc2)cc1. The van der Waals surface area contributed by atoms with E-state index in [9.17, 15) is 0 Å². The molecule has 0 saturated heterocycles. The van der Waals surface area contributed by atoms with Gasteiger partial charge in [-0.15, -0.1) is 0 Å². The van der Waals surface area contributed by atoms with Crippen molar-refractivity contribution < 1.29 is 0 Å². The maximum absolute atomic E-state index is 5.83. The molecule has 81 valence electrons. The molecule has 2 aromatic rings. The highest BCUT2D eigenvalue weighted by Gasteiger charge is 1.96. The minimum absolute atomic E-state index is 0.779. The van der Waals surface area contributed by atoms with Crippen LogP contribution < -0.4 is 0 Å². The molecule has 2 heteroatoms. The monoisotopic (exact) mass is 293 g/mol. The van der Waals surface area contributed by atoms with Crippen LogP contribution in [0, 0.1) is 6.42 Å². The Morgan fingerprint density at radius 2 is 1.56 bits per heavy atom. The van der Waals surface area contributed by atoms with Gasteiger partial charge in [-0.05, 0) is 48.2 Å². The van der Waals surface area contributed by atoms with E-state index in [1.165, 1.54) is 11.1 Å². The number of hydrogen-bond acceptors (Lipinski definition) is 0. The van der Waals surface area contributed by atoms with Gasteiger partial charge in [-0.1, -0.05) is 51.8 Å². The molecule has 0 fully saturated rings. The van der Waals surface area contributed by atoms with E-state index in [2.05, 4.69) is 46.6 Å². The number of halogens is 2. The molecular weight excluding hydrogens is 284 g/mol. The molecule has 0 N–H and O–H groups in total. The lowest BCUT2D eigenvalue weighted by Gasteiger charge is -2.02. The Morgan fingerprint density at radius 1 is 0.938 bits per heavy atom. The second-order valence-electron chi connectivity index (χ2n) is 3.59. The fourth-order valence-electron chi connectivity index (χ4n) is 1.46. The summed E-state index contributed by atoms with van der Waals surface area (Å²) in [6.07, 6.45) is 3.13. The summed E-state index contributed by atoms with van der Waals surface area (Å²) >= 11 is 9.25. The lowest BCUT2D eigenvalue weighted by Crippen LogP contribution is -1.87. The number of hydrogen-bond donors (Lipinski definition) is 0. The molecule has 0 spiro atoms. The molecule has 2 rings (SSSR count). The highest BCUT2D eigenvalue weighted by molar-refractivity contribution is 9.10. The van der Waals surface area contributed by atoms with Gasteiger partial charge in [0.1, 0.15) is 0 Å². The van der Waals surface area contributed by atoms with Crippen molar-refractivity contribution in [1.29, 1.82) is 0 Å². The van der Waals surface area contributed by atoms with Gasteiger partial charge in [-0.2, -0.15) is 0 Å². The van der Waals surface area contributed by atoms with E-state index >= 15 is 0 Å². The van der Waals surface area contributed by atoms with Crippen LogP contribution in [0.3, 0.4) is 0 Å². The lowest BCUT2D eigenvalue weighted by molar-refractivity contribution is 1.16. The van der Waals surface area contributed by atoms with Crippen molar-refractivity contribution in [2.75, 3.05) is 0 Å². The second kappa shape index (κ2) is 5.51. The summed E-state index contributed by atoms with van der Waals surface area (Å²) in [5, 5.41) is 0.779. The van der Waals surface area contributed by atoms with Crippen molar-refractivity contribution >= 4 is 27.5 Å². The van der Waals surface area contributed by atoms with E-state index in [-0.39, 0.29) is 0 Å². The maximum atomic E-state index is 5.83. The molecule has 0 amide bonds. The molecule has 0 heterocycles. The van der Waals surface area contributed by atoms with Crippen molar-refractivity contribution in [1.82, 2.24) is 0 Å². The molecule has 0 bridgehead atoms. The third-order valence-electron chi connectivity index (χ3n) is 2.36. The predicted molar refractivity (Wildman–Crippen MR) is 72.7 cm³/mol. The topological polar surface area (TPSA) is 0 Å². The lowest BCUT2D eigenvalue weighted by atomic mass is 10.0. The third kappa shape index (κ3) is 3.36.